The van der Waals surface area contributed by atoms with Crippen molar-refractivity contribution in [2.24, 2.45) is 11.8 Å². The van der Waals surface area contributed by atoms with Gasteiger partial charge >= 0.3 is 24.3 Å². The normalized spacial score (nSPS) is 19.8. The molecular formula is C20H19F6N3O5S. The largest absolute Gasteiger partial charge is 0.490 e. The summed E-state index contributed by atoms with van der Waals surface area (Å²) < 4.78 is 63.5. The molecule has 0 bridgehead atoms. The summed E-state index contributed by atoms with van der Waals surface area (Å²) in [7, 11) is 0. The van der Waals surface area contributed by atoms with E-state index in [0.29, 0.717) is 11.8 Å². The number of halogens is 6. The van der Waals surface area contributed by atoms with E-state index in [0.717, 1.165) is 31.9 Å². The predicted molar refractivity (Wildman–Crippen MR) is 111 cm³/mol. The monoisotopic (exact) mass is 527 g/mol. The number of aromatic nitrogens is 1. The van der Waals surface area contributed by atoms with Crippen LogP contribution in [0.25, 0.3) is 0 Å². The van der Waals surface area contributed by atoms with E-state index >= 15 is 0 Å². The van der Waals surface area contributed by atoms with E-state index in [1.54, 1.807) is 17.5 Å². The number of alkyl halides is 6. The molecule has 0 saturated carbocycles. The molecule has 192 valence electrons. The summed E-state index contributed by atoms with van der Waals surface area (Å²) in [6.07, 6.45) is -6.46. The number of hydrogen-bond donors (Lipinski definition) is 2. The maximum absolute atomic E-state index is 12.6. The second-order valence-electron chi connectivity index (χ2n) is 7.46. The summed E-state index contributed by atoms with van der Waals surface area (Å²) in [5.74, 6) is -4.58. The molecule has 0 radical (unpaired) electrons. The quantitative estimate of drug-likeness (QED) is 0.588. The Morgan fingerprint density at radius 1 is 1.03 bits per heavy atom. The molecule has 4 heterocycles. The van der Waals surface area contributed by atoms with Crippen LogP contribution in [-0.2, 0) is 20.9 Å². The van der Waals surface area contributed by atoms with Gasteiger partial charge in [0.15, 0.2) is 0 Å². The lowest BCUT2D eigenvalue weighted by atomic mass is 10.0. The first kappa shape index (κ1) is 28.0. The van der Waals surface area contributed by atoms with E-state index in [-0.39, 0.29) is 5.92 Å². The number of nitrogens with zero attached hydrogens (tertiary/aromatic N) is 3. The Labute approximate surface area is 198 Å². The van der Waals surface area contributed by atoms with Crippen molar-refractivity contribution in [2.45, 2.75) is 18.9 Å². The van der Waals surface area contributed by atoms with Gasteiger partial charge in [0.1, 0.15) is 0 Å². The molecule has 1 amide bonds. The van der Waals surface area contributed by atoms with Crippen LogP contribution < -0.4 is 4.90 Å². The third-order valence-corrected chi connectivity index (χ3v) is 5.62. The van der Waals surface area contributed by atoms with Gasteiger partial charge in [-0.1, -0.05) is 6.07 Å². The molecule has 2 aromatic heterocycles. The molecule has 4 rings (SSSR count). The van der Waals surface area contributed by atoms with Crippen molar-refractivity contribution >= 4 is 34.9 Å². The number of carbonyl (C=O) groups is 3. The van der Waals surface area contributed by atoms with Gasteiger partial charge in [-0.2, -0.15) is 37.7 Å². The lowest BCUT2D eigenvalue weighted by Crippen LogP contribution is -2.32. The number of carboxylic acid groups (broad SMARTS) is 2. The molecule has 15 heteroatoms. The highest BCUT2D eigenvalue weighted by Gasteiger charge is 2.46. The predicted octanol–water partition coefficient (Wildman–Crippen LogP) is 3.50. The fourth-order valence-electron chi connectivity index (χ4n) is 3.47. The van der Waals surface area contributed by atoms with E-state index in [1.807, 2.05) is 28.6 Å². The zero-order valence-corrected chi connectivity index (χ0v) is 18.5. The van der Waals surface area contributed by atoms with Crippen LogP contribution in [0.5, 0.6) is 0 Å². The first-order valence-electron chi connectivity index (χ1n) is 9.75. The lowest BCUT2D eigenvalue weighted by Gasteiger charge is -2.20. The number of amides is 1. The Hall–Kier alpha value is -3.20. The molecule has 2 aliphatic rings. The highest BCUT2D eigenvalue weighted by molar-refractivity contribution is 7.08. The van der Waals surface area contributed by atoms with Gasteiger partial charge in [0.25, 0.3) is 0 Å². The highest BCUT2D eigenvalue weighted by atomic mass is 32.1. The van der Waals surface area contributed by atoms with Crippen LogP contribution in [-0.4, -0.2) is 69.9 Å². The summed E-state index contributed by atoms with van der Waals surface area (Å²) in [5, 5.41) is 18.3. The lowest BCUT2D eigenvalue weighted by molar-refractivity contribution is -0.193. The van der Waals surface area contributed by atoms with Gasteiger partial charge in [0, 0.05) is 49.9 Å². The third kappa shape index (κ3) is 8.20. The van der Waals surface area contributed by atoms with E-state index in [9.17, 15) is 31.1 Å². The number of rotatable bonds is 3. The Kier molecular flexibility index (Phi) is 9.20. The molecular weight excluding hydrogens is 508 g/mol. The molecule has 2 aromatic rings. The van der Waals surface area contributed by atoms with Crippen molar-refractivity contribution in [1.82, 2.24) is 9.88 Å². The SMILES string of the molecule is O=C(O)C(F)(F)F.O=C(O)C(F)(F)F.O=C1[C@H]2CN(Cc3cccnc3)C[C@H]2CN1c1ccsc1. The number of pyridine rings is 1. The van der Waals surface area contributed by atoms with Gasteiger partial charge in [-0.15, -0.1) is 0 Å². The van der Waals surface area contributed by atoms with Crippen LogP contribution in [0.2, 0.25) is 0 Å². The topological polar surface area (TPSA) is 111 Å². The Balaban J connectivity index is 0.000000257. The minimum absolute atomic E-state index is 0.168. The summed E-state index contributed by atoms with van der Waals surface area (Å²) >= 11 is 1.65. The molecule has 2 aliphatic heterocycles. The molecule has 0 aromatic carbocycles. The minimum Gasteiger partial charge on any atom is -0.475 e. The third-order valence-electron chi connectivity index (χ3n) is 4.95. The number of carboxylic acids is 2. The smallest absolute Gasteiger partial charge is 0.475 e. The van der Waals surface area contributed by atoms with Crippen molar-refractivity contribution in [2.75, 3.05) is 24.5 Å². The van der Waals surface area contributed by atoms with Crippen molar-refractivity contribution < 1.29 is 50.9 Å². The Morgan fingerprint density at radius 3 is 2.06 bits per heavy atom. The minimum atomic E-state index is -5.08. The summed E-state index contributed by atoms with van der Waals surface area (Å²) in [4.78, 5) is 38.9. The van der Waals surface area contributed by atoms with E-state index < -0.39 is 24.3 Å². The molecule has 2 fully saturated rings. The molecule has 35 heavy (non-hydrogen) atoms. The standard InChI is InChI=1S/C16H17N3OS.2C2HF3O2/c20-16-15-10-18(7-12-2-1-4-17-6-12)8-13(15)9-19(16)14-3-5-21-11-14;2*3-2(4,5)1(6)7/h1-6,11,13,15H,7-10H2;2*(H,6,7)/t13-,15-;;/m0../s1. The van der Waals surface area contributed by atoms with Crippen LogP contribution in [0, 0.1) is 11.8 Å². The molecule has 0 aliphatic carbocycles. The van der Waals surface area contributed by atoms with Crippen LogP contribution in [0.3, 0.4) is 0 Å². The Morgan fingerprint density at radius 2 is 1.63 bits per heavy atom. The second-order valence-corrected chi connectivity index (χ2v) is 8.24. The number of hydrogen-bond acceptors (Lipinski definition) is 6. The van der Waals surface area contributed by atoms with Gasteiger partial charge in [0.05, 0.1) is 11.6 Å². The number of thiophene rings is 1. The number of fused-ring (bicyclic) bond motifs is 1. The number of carbonyl (C=O) groups excluding carboxylic acids is 1. The first-order chi connectivity index (χ1) is 16.2. The molecule has 0 spiro atoms. The summed E-state index contributed by atoms with van der Waals surface area (Å²) in [6, 6.07) is 6.10. The summed E-state index contributed by atoms with van der Waals surface area (Å²) in [6.45, 7) is 3.64. The molecule has 0 unspecified atom stereocenters. The molecule has 8 nitrogen and oxygen atoms in total. The number of likely N-dealkylation sites (tertiary alicyclic amines) is 1. The second kappa shape index (κ2) is 11.5. The first-order valence-corrected chi connectivity index (χ1v) is 10.7. The molecule has 2 N–H and O–H groups in total. The van der Waals surface area contributed by atoms with Gasteiger partial charge < -0.3 is 15.1 Å². The van der Waals surface area contributed by atoms with Gasteiger partial charge in [0.2, 0.25) is 5.91 Å². The van der Waals surface area contributed by atoms with Gasteiger partial charge in [-0.05, 0) is 23.1 Å². The zero-order valence-electron chi connectivity index (χ0n) is 17.7. The molecule has 2 saturated heterocycles. The fraction of sp³-hybridized carbons (Fsp3) is 0.400. The highest BCUT2D eigenvalue weighted by Crippen LogP contribution is 2.36. The zero-order chi connectivity index (χ0) is 26.4. The molecule has 2 atom stereocenters. The van der Waals surface area contributed by atoms with Crippen molar-refractivity contribution in [3.05, 3.63) is 46.9 Å². The van der Waals surface area contributed by atoms with Gasteiger partial charge in [-0.3, -0.25) is 14.7 Å². The van der Waals surface area contributed by atoms with Crippen LogP contribution in [0.4, 0.5) is 32.0 Å². The van der Waals surface area contributed by atoms with Crippen LogP contribution in [0.15, 0.2) is 41.4 Å². The van der Waals surface area contributed by atoms with E-state index in [4.69, 9.17) is 19.8 Å². The van der Waals surface area contributed by atoms with Crippen LogP contribution >= 0.6 is 11.3 Å². The maximum Gasteiger partial charge on any atom is 0.490 e. The Bertz CT molecular complexity index is 977. The average molecular weight is 527 g/mol. The van der Waals surface area contributed by atoms with Crippen molar-refractivity contribution in [3.63, 3.8) is 0 Å². The summed E-state index contributed by atoms with van der Waals surface area (Å²) in [5.41, 5.74) is 2.29. The van der Waals surface area contributed by atoms with Crippen molar-refractivity contribution in [1.29, 1.82) is 0 Å². The van der Waals surface area contributed by atoms with Crippen LogP contribution in [0.1, 0.15) is 5.56 Å². The fourth-order valence-corrected chi connectivity index (χ4v) is 4.11. The van der Waals surface area contributed by atoms with E-state index in [1.165, 1.54) is 5.56 Å². The van der Waals surface area contributed by atoms with E-state index in [2.05, 4.69) is 21.3 Å². The maximum atomic E-state index is 12.6. The number of aliphatic carboxylic acids is 2. The number of anilines is 1. The average Bonchev–Trinajstić information content (AvgIpc) is 3.47. The van der Waals surface area contributed by atoms with Gasteiger partial charge in [-0.25, -0.2) is 9.59 Å². The van der Waals surface area contributed by atoms with Crippen molar-refractivity contribution in [3.8, 4) is 0 Å².